The maximum atomic E-state index is 12.8. The number of rotatable bonds is 5. The molecule has 0 saturated carbocycles. The average molecular weight is 453 g/mol. The van der Waals surface area contributed by atoms with Crippen LogP contribution in [0.2, 0.25) is 0 Å². The molecule has 1 saturated heterocycles. The van der Waals surface area contributed by atoms with E-state index in [1.165, 1.54) is 0 Å². The number of hydrogen-bond acceptors (Lipinski definition) is 5. The molecule has 1 fully saturated rings. The first-order valence-electron chi connectivity index (χ1n) is 11.2. The van der Waals surface area contributed by atoms with E-state index in [-0.39, 0.29) is 18.2 Å². The molecule has 1 unspecified atom stereocenters. The Labute approximate surface area is 197 Å². The van der Waals surface area contributed by atoms with Gasteiger partial charge in [-0.05, 0) is 56.3 Å². The highest BCUT2D eigenvalue weighted by molar-refractivity contribution is 6.03. The number of anilines is 2. The van der Waals surface area contributed by atoms with Gasteiger partial charge in [-0.3, -0.25) is 9.59 Å². The van der Waals surface area contributed by atoms with Crippen LogP contribution in [0, 0.1) is 19.8 Å². The Balaban J connectivity index is 1.24. The van der Waals surface area contributed by atoms with E-state index in [1.807, 2.05) is 74.5 Å². The highest BCUT2D eigenvalue weighted by atomic mass is 16.5. The maximum Gasteiger partial charge on any atom is 0.258 e. The number of carbonyl (C=O) groups excluding carboxylic acids is 2. The van der Waals surface area contributed by atoms with Gasteiger partial charge in [0.15, 0.2) is 0 Å². The van der Waals surface area contributed by atoms with Crippen molar-refractivity contribution in [2.75, 3.05) is 16.8 Å². The van der Waals surface area contributed by atoms with Gasteiger partial charge in [0.1, 0.15) is 0 Å². The van der Waals surface area contributed by atoms with Crippen LogP contribution in [-0.2, 0) is 9.59 Å². The largest absolute Gasteiger partial charge is 0.334 e. The fourth-order valence-corrected chi connectivity index (χ4v) is 4.04. The van der Waals surface area contributed by atoms with Gasteiger partial charge in [-0.25, -0.2) is 0 Å². The Morgan fingerprint density at radius 2 is 1.74 bits per heavy atom. The zero-order valence-corrected chi connectivity index (χ0v) is 19.0. The molecule has 34 heavy (non-hydrogen) atoms. The minimum atomic E-state index is -0.402. The molecule has 0 aliphatic carbocycles. The number of benzene rings is 3. The van der Waals surface area contributed by atoms with Gasteiger partial charge in [-0.2, -0.15) is 4.98 Å². The van der Waals surface area contributed by atoms with E-state index in [0.717, 1.165) is 27.9 Å². The first-order valence-corrected chi connectivity index (χ1v) is 11.2. The molecule has 0 spiro atoms. The maximum absolute atomic E-state index is 12.8. The Morgan fingerprint density at radius 1 is 0.971 bits per heavy atom. The molecule has 2 heterocycles. The van der Waals surface area contributed by atoms with Gasteiger partial charge >= 0.3 is 0 Å². The summed E-state index contributed by atoms with van der Waals surface area (Å²) in [6.07, 6.45) is 0.196. The second kappa shape index (κ2) is 8.94. The Bertz CT molecular complexity index is 1340. The minimum absolute atomic E-state index is 0.0415. The Kier molecular flexibility index (Phi) is 5.67. The molecule has 0 radical (unpaired) electrons. The summed E-state index contributed by atoms with van der Waals surface area (Å²) in [4.78, 5) is 31.4. The lowest BCUT2D eigenvalue weighted by Crippen LogP contribution is -2.28. The molecule has 0 bridgehead atoms. The fourth-order valence-electron chi connectivity index (χ4n) is 4.04. The molecular formula is C27H24N4O3. The zero-order valence-electron chi connectivity index (χ0n) is 19.0. The zero-order chi connectivity index (χ0) is 23.7. The van der Waals surface area contributed by atoms with E-state index in [0.29, 0.717) is 23.9 Å². The molecule has 5 rings (SSSR count). The quantitative estimate of drug-likeness (QED) is 0.460. The number of aromatic nitrogens is 2. The average Bonchev–Trinajstić information content (AvgIpc) is 3.48. The Hall–Kier alpha value is -4.26. The Morgan fingerprint density at radius 3 is 2.47 bits per heavy atom. The second-order valence-corrected chi connectivity index (χ2v) is 8.60. The van der Waals surface area contributed by atoms with Crippen molar-refractivity contribution < 1.29 is 14.1 Å². The lowest BCUT2D eigenvalue weighted by atomic mass is 10.1. The van der Waals surface area contributed by atoms with Crippen LogP contribution in [0.25, 0.3) is 22.8 Å². The summed E-state index contributed by atoms with van der Waals surface area (Å²) < 4.78 is 5.43. The molecule has 3 aromatic carbocycles. The van der Waals surface area contributed by atoms with E-state index < -0.39 is 5.92 Å². The van der Waals surface area contributed by atoms with Crippen molar-refractivity contribution in [3.8, 4) is 22.8 Å². The summed E-state index contributed by atoms with van der Waals surface area (Å²) in [5, 5.41) is 7.00. The van der Waals surface area contributed by atoms with Crippen molar-refractivity contribution in [1.29, 1.82) is 0 Å². The molecule has 2 amide bonds. The van der Waals surface area contributed by atoms with Gasteiger partial charge < -0.3 is 14.7 Å². The smallest absolute Gasteiger partial charge is 0.258 e. The molecule has 1 N–H and O–H groups in total. The molecule has 1 aliphatic heterocycles. The minimum Gasteiger partial charge on any atom is -0.334 e. The number of nitrogens with one attached hydrogen (secondary N) is 1. The molecule has 7 heteroatoms. The summed E-state index contributed by atoms with van der Waals surface area (Å²) in [5.74, 6) is 0.321. The molecule has 1 aliphatic rings. The van der Waals surface area contributed by atoms with Crippen molar-refractivity contribution in [3.63, 3.8) is 0 Å². The summed E-state index contributed by atoms with van der Waals surface area (Å²) in [6.45, 7) is 4.38. The number of carbonyl (C=O) groups is 2. The van der Waals surface area contributed by atoms with E-state index >= 15 is 0 Å². The fraction of sp³-hybridized carbons (Fsp3) is 0.185. The van der Waals surface area contributed by atoms with Gasteiger partial charge in [-0.1, -0.05) is 46.6 Å². The van der Waals surface area contributed by atoms with Crippen molar-refractivity contribution in [2.45, 2.75) is 20.3 Å². The van der Waals surface area contributed by atoms with Gasteiger partial charge in [-0.15, -0.1) is 0 Å². The molecule has 170 valence electrons. The third kappa shape index (κ3) is 4.45. The van der Waals surface area contributed by atoms with Crippen molar-refractivity contribution in [2.24, 2.45) is 5.92 Å². The first-order chi connectivity index (χ1) is 16.5. The topological polar surface area (TPSA) is 88.3 Å². The van der Waals surface area contributed by atoms with Crippen LogP contribution < -0.4 is 10.2 Å². The van der Waals surface area contributed by atoms with E-state index in [9.17, 15) is 9.59 Å². The van der Waals surface area contributed by atoms with Crippen LogP contribution in [0.4, 0.5) is 11.4 Å². The number of nitrogens with zero attached hydrogens (tertiary/aromatic N) is 3. The number of aryl methyl sites for hydroxylation is 2. The molecule has 1 aromatic heterocycles. The third-order valence-corrected chi connectivity index (χ3v) is 5.94. The summed E-state index contributed by atoms with van der Waals surface area (Å²) >= 11 is 0. The highest BCUT2D eigenvalue weighted by Gasteiger charge is 2.35. The van der Waals surface area contributed by atoms with Gasteiger partial charge in [0.05, 0.1) is 5.92 Å². The lowest BCUT2D eigenvalue weighted by Gasteiger charge is -2.17. The highest BCUT2D eigenvalue weighted by Crippen LogP contribution is 2.27. The normalized spacial score (nSPS) is 15.5. The van der Waals surface area contributed by atoms with E-state index in [1.54, 1.807) is 17.0 Å². The lowest BCUT2D eigenvalue weighted by molar-refractivity contribution is -0.122. The van der Waals surface area contributed by atoms with Gasteiger partial charge in [0, 0.05) is 35.5 Å². The molecule has 7 nitrogen and oxygen atoms in total. The second-order valence-electron chi connectivity index (χ2n) is 8.60. The molecule has 1 atom stereocenters. The van der Waals surface area contributed by atoms with Gasteiger partial charge in [0.2, 0.25) is 17.6 Å². The van der Waals surface area contributed by atoms with E-state index in [4.69, 9.17) is 4.52 Å². The van der Waals surface area contributed by atoms with Crippen LogP contribution in [-0.4, -0.2) is 28.5 Å². The van der Waals surface area contributed by atoms with Crippen molar-refractivity contribution in [1.82, 2.24) is 10.1 Å². The standard InChI is InChI=1S/C27H24N4O3/c1-17-6-12-23(13-7-17)31-16-21(15-24(31)32)26(33)28-22-10-8-19(9-11-22)27-29-25(30-34-27)20-5-3-4-18(2)14-20/h3-14,21H,15-16H2,1-2H3,(H,28,33). The number of amides is 2. The van der Waals surface area contributed by atoms with Crippen LogP contribution in [0.3, 0.4) is 0 Å². The van der Waals surface area contributed by atoms with Crippen LogP contribution in [0.15, 0.2) is 77.3 Å². The molecular weight excluding hydrogens is 428 g/mol. The summed E-state index contributed by atoms with van der Waals surface area (Å²) in [5.41, 5.74) is 5.36. The third-order valence-electron chi connectivity index (χ3n) is 5.94. The predicted molar refractivity (Wildman–Crippen MR) is 130 cm³/mol. The molecule has 4 aromatic rings. The summed E-state index contributed by atoms with van der Waals surface area (Å²) in [7, 11) is 0. The number of hydrogen-bond donors (Lipinski definition) is 1. The first kappa shape index (κ1) is 21.6. The van der Waals surface area contributed by atoms with Gasteiger partial charge in [0.25, 0.3) is 5.89 Å². The van der Waals surface area contributed by atoms with Crippen LogP contribution in [0.5, 0.6) is 0 Å². The summed E-state index contributed by atoms with van der Waals surface area (Å²) in [6, 6.07) is 22.9. The van der Waals surface area contributed by atoms with E-state index in [2.05, 4.69) is 15.5 Å². The van der Waals surface area contributed by atoms with Crippen LogP contribution in [0.1, 0.15) is 17.5 Å². The van der Waals surface area contributed by atoms with Crippen molar-refractivity contribution in [3.05, 3.63) is 83.9 Å². The van der Waals surface area contributed by atoms with Crippen molar-refractivity contribution >= 4 is 23.2 Å². The monoisotopic (exact) mass is 452 g/mol. The SMILES string of the molecule is Cc1ccc(N2CC(C(=O)Nc3ccc(-c4nc(-c5cccc(C)c5)no4)cc3)CC2=O)cc1. The van der Waals surface area contributed by atoms with Crippen LogP contribution >= 0.6 is 0 Å². The predicted octanol–water partition coefficient (Wildman–Crippen LogP) is 5.01.